The van der Waals surface area contributed by atoms with E-state index in [0.717, 1.165) is 11.0 Å². The van der Waals surface area contributed by atoms with Crippen LogP contribution in [-0.4, -0.2) is 41.2 Å². The lowest BCUT2D eigenvalue weighted by Crippen LogP contribution is -2.26. The fourth-order valence-corrected chi connectivity index (χ4v) is 0.749. The molecule has 50 valence electrons. The summed E-state index contributed by atoms with van der Waals surface area (Å²) in [6, 6.07) is 0. The average Bonchev–Trinajstić information content (AvgIpc) is 1.65. The Kier molecular flexibility index (Phi) is 4.89. The van der Waals surface area contributed by atoms with Gasteiger partial charge in [0.25, 0.3) is 0 Å². The molecule has 0 aromatic rings. The number of rotatable bonds is 3. The smallest absolute Gasteiger partial charge is 0.0756 e. The number of nitrogens with zero attached hydrogens (tertiary/aromatic N) is 1. The first kappa shape index (κ1) is 8.65. The van der Waals surface area contributed by atoms with Crippen molar-refractivity contribution in [2.75, 3.05) is 25.1 Å². The van der Waals surface area contributed by atoms with Crippen LogP contribution in [0.1, 0.15) is 0 Å². The fourth-order valence-electron chi connectivity index (χ4n) is 0.470. The average molecular weight is 229 g/mol. The number of alkyl halides is 1. The van der Waals surface area contributed by atoms with E-state index in [1.165, 1.54) is 0 Å². The van der Waals surface area contributed by atoms with Crippen molar-refractivity contribution in [2.24, 2.45) is 0 Å². The van der Waals surface area contributed by atoms with Crippen molar-refractivity contribution in [3.63, 3.8) is 0 Å². The molecule has 0 aliphatic heterocycles. The summed E-state index contributed by atoms with van der Waals surface area (Å²) in [6.45, 7) is 0.767. The van der Waals surface area contributed by atoms with Gasteiger partial charge >= 0.3 is 0 Å². The van der Waals surface area contributed by atoms with Crippen LogP contribution in [0.25, 0.3) is 0 Å². The topological polar surface area (TPSA) is 23.5 Å². The second-order valence-electron chi connectivity index (χ2n) is 2.07. The van der Waals surface area contributed by atoms with Gasteiger partial charge in [0.05, 0.1) is 6.10 Å². The van der Waals surface area contributed by atoms with Gasteiger partial charge in [-0.2, -0.15) is 0 Å². The van der Waals surface area contributed by atoms with Crippen molar-refractivity contribution in [1.29, 1.82) is 0 Å². The summed E-state index contributed by atoms with van der Waals surface area (Å²) in [5.41, 5.74) is 0. The van der Waals surface area contributed by atoms with Crippen molar-refractivity contribution in [3.05, 3.63) is 0 Å². The summed E-state index contributed by atoms with van der Waals surface area (Å²) in [5, 5.41) is 8.98. The quantitative estimate of drug-likeness (QED) is 0.557. The van der Waals surface area contributed by atoms with E-state index in [9.17, 15) is 0 Å². The molecule has 0 saturated heterocycles. The predicted molar refractivity (Wildman–Crippen MR) is 43.4 cm³/mol. The first-order valence-electron chi connectivity index (χ1n) is 2.55. The molecule has 0 aromatic carbocycles. The highest BCUT2D eigenvalue weighted by molar-refractivity contribution is 14.1. The molecule has 0 spiro atoms. The molecule has 0 unspecified atom stereocenters. The Labute approximate surface area is 64.0 Å². The summed E-state index contributed by atoms with van der Waals surface area (Å²) < 4.78 is 0.815. The summed E-state index contributed by atoms with van der Waals surface area (Å²) >= 11 is 2.17. The van der Waals surface area contributed by atoms with E-state index in [4.69, 9.17) is 5.11 Å². The number of halogens is 1. The maximum absolute atomic E-state index is 8.98. The lowest BCUT2D eigenvalue weighted by atomic mass is 10.4. The normalized spacial score (nSPS) is 14.6. The molecule has 0 radical (unpaired) electrons. The minimum atomic E-state index is -0.161. The van der Waals surface area contributed by atoms with Crippen molar-refractivity contribution in [2.45, 2.75) is 6.10 Å². The highest BCUT2D eigenvalue weighted by Gasteiger charge is 2.00. The summed E-state index contributed by atoms with van der Waals surface area (Å²) in [7, 11) is 3.91. The van der Waals surface area contributed by atoms with Crippen LogP contribution in [0.3, 0.4) is 0 Å². The van der Waals surface area contributed by atoms with Crippen LogP contribution >= 0.6 is 22.6 Å². The first-order chi connectivity index (χ1) is 3.66. The zero-order valence-corrected chi connectivity index (χ0v) is 7.42. The van der Waals surface area contributed by atoms with E-state index in [1.807, 2.05) is 19.0 Å². The van der Waals surface area contributed by atoms with Gasteiger partial charge in [-0.3, -0.25) is 0 Å². The Morgan fingerprint density at radius 2 is 2.12 bits per heavy atom. The van der Waals surface area contributed by atoms with Crippen molar-refractivity contribution in [3.8, 4) is 0 Å². The molecule has 0 heterocycles. The van der Waals surface area contributed by atoms with Crippen LogP contribution in [0.15, 0.2) is 0 Å². The Balaban J connectivity index is 3.10. The van der Waals surface area contributed by atoms with Crippen LogP contribution < -0.4 is 0 Å². The minimum absolute atomic E-state index is 0.161. The zero-order valence-electron chi connectivity index (χ0n) is 5.26. The van der Waals surface area contributed by atoms with Crippen molar-refractivity contribution >= 4 is 22.6 Å². The molecule has 2 nitrogen and oxygen atoms in total. The van der Waals surface area contributed by atoms with E-state index >= 15 is 0 Å². The van der Waals surface area contributed by atoms with Gasteiger partial charge in [-0.1, -0.05) is 22.6 Å². The maximum atomic E-state index is 8.98. The standard InChI is InChI=1S/C5H12INO/c1-7(2)4-5(8)3-6/h5,8H,3-4H2,1-2H3/t5-/m1/s1. The molecule has 0 amide bonds. The van der Waals surface area contributed by atoms with Crippen molar-refractivity contribution in [1.82, 2.24) is 4.90 Å². The number of aliphatic hydroxyl groups excluding tert-OH is 1. The number of hydrogen-bond acceptors (Lipinski definition) is 2. The van der Waals surface area contributed by atoms with E-state index in [-0.39, 0.29) is 6.10 Å². The SMILES string of the molecule is CN(C)C[C@H](O)CI. The molecule has 0 rings (SSSR count). The van der Waals surface area contributed by atoms with Gasteiger partial charge in [-0.15, -0.1) is 0 Å². The lowest BCUT2D eigenvalue weighted by Gasteiger charge is -2.12. The molecule has 0 fully saturated rings. The summed E-state index contributed by atoms with van der Waals surface area (Å²) in [5.74, 6) is 0. The Morgan fingerprint density at radius 1 is 1.62 bits per heavy atom. The van der Waals surface area contributed by atoms with Gasteiger partial charge < -0.3 is 10.0 Å². The fraction of sp³-hybridized carbons (Fsp3) is 1.00. The number of likely N-dealkylation sites (N-methyl/N-ethyl adjacent to an activating group) is 1. The molecule has 0 aromatic heterocycles. The second-order valence-corrected chi connectivity index (χ2v) is 2.95. The van der Waals surface area contributed by atoms with Crippen molar-refractivity contribution < 1.29 is 5.11 Å². The van der Waals surface area contributed by atoms with Gasteiger partial charge in [-0.05, 0) is 14.1 Å². The molecule has 0 bridgehead atoms. The summed E-state index contributed by atoms with van der Waals surface area (Å²) in [4.78, 5) is 1.98. The lowest BCUT2D eigenvalue weighted by molar-refractivity contribution is 0.160. The van der Waals surface area contributed by atoms with Crippen LogP contribution in [0, 0.1) is 0 Å². The molecule has 1 atom stereocenters. The molecule has 0 aliphatic carbocycles. The van der Waals surface area contributed by atoms with Gasteiger partial charge in [0.15, 0.2) is 0 Å². The third-order valence-corrected chi connectivity index (χ3v) is 1.77. The molecular formula is C5H12INO. The highest BCUT2D eigenvalue weighted by Crippen LogP contribution is 1.91. The largest absolute Gasteiger partial charge is 0.391 e. The van der Waals surface area contributed by atoms with Crippen LogP contribution in [0.2, 0.25) is 0 Å². The molecular weight excluding hydrogens is 217 g/mol. The number of aliphatic hydroxyl groups is 1. The second kappa shape index (κ2) is 4.52. The van der Waals surface area contributed by atoms with Crippen LogP contribution in [0.4, 0.5) is 0 Å². The van der Waals surface area contributed by atoms with Crippen LogP contribution in [-0.2, 0) is 0 Å². The highest BCUT2D eigenvalue weighted by atomic mass is 127. The van der Waals surface area contributed by atoms with E-state index in [1.54, 1.807) is 0 Å². The minimum Gasteiger partial charge on any atom is -0.391 e. The maximum Gasteiger partial charge on any atom is 0.0756 e. The Morgan fingerprint density at radius 3 is 2.25 bits per heavy atom. The van der Waals surface area contributed by atoms with Gasteiger partial charge in [0.2, 0.25) is 0 Å². The van der Waals surface area contributed by atoms with Gasteiger partial charge in [0.1, 0.15) is 0 Å². The van der Waals surface area contributed by atoms with E-state index < -0.39 is 0 Å². The molecule has 3 heteroatoms. The third kappa shape index (κ3) is 4.80. The van der Waals surface area contributed by atoms with Gasteiger partial charge in [0, 0.05) is 11.0 Å². The molecule has 0 saturated carbocycles. The zero-order chi connectivity index (χ0) is 6.57. The third-order valence-electron chi connectivity index (χ3n) is 0.754. The van der Waals surface area contributed by atoms with Crippen LogP contribution in [0.5, 0.6) is 0 Å². The first-order valence-corrected chi connectivity index (χ1v) is 4.08. The van der Waals surface area contributed by atoms with Gasteiger partial charge in [-0.25, -0.2) is 0 Å². The molecule has 0 aliphatic rings. The molecule has 8 heavy (non-hydrogen) atoms. The number of hydrogen-bond donors (Lipinski definition) is 1. The molecule has 1 N–H and O–H groups in total. The van der Waals surface area contributed by atoms with E-state index in [0.29, 0.717) is 0 Å². The monoisotopic (exact) mass is 229 g/mol. The Bertz CT molecular complexity index is 58.4. The van der Waals surface area contributed by atoms with E-state index in [2.05, 4.69) is 22.6 Å². The predicted octanol–water partition coefficient (Wildman–Crippen LogP) is 0.344. The Hall–Kier alpha value is 0.650. The summed E-state index contributed by atoms with van der Waals surface area (Å²) in [6.07, 6.45) is -0.161.